The highest BCUT2D eigenvalue weighted by atomic mass is 35.5. The third-order valence-corrected chi connectivity index (χ3v) is 4.15. The van der Waals surface area contributed by atoms with Crippen LogP contribution in [0.2, 0.25) is 5.02 Å². The van der Waals surface area contributed by atoms with Crippen LogP contribution in [-0.2, 0) is 0 Å². The lowest BCUT2D eigenvalue weighted by Gasteiger charge is -1.98. The van der Waals surface area contributed by atoms with Gasteiger partial charge in [-0.05, 0) is 29.8 Å². The van der Waals surface area contributed by atoms with Crippen molar-refractivity contribution < 1.29 is 4.74 Å². The van der Waals surface area contributed by atoms with E-state index >= 15 is 0 Å². The van der Waals surface area contributed by atoms with E-state index in [4.69, 9.17) is 16.3 Å². The van der Waals surface area contributed by atoms with Crippen molar-refractivity contribution in [2.45, 2.75) is 0 Å². The summed E-state index contributed by atoms with van der Waals surface area (Å²) in [7, 11) is 1.60. The van der Waals surface area contributed by atoms with Gasteiger partial charge < -0.3 is 9.72 Å². The number of hydrogen-bond donors (Lipinski definition) is 1. The average molecular weight is 353 g/mol. The van der Waals surface area contributed by atoms with Crippen LogP contribution in [0.5, 0.6) is 5.75 Å². The van der Waals surface area contributed by atoms with E-state index in [2.05, 4.69) is 15.1 Å². The second-order valence-electron chi connectivity index (χ2n) is 5.45. The number of fused-ring (bicyclic) bond motifs is 3. The molecule has 0 amide bonds. The number of aromatic nitrogens is 3. The topological polar surface area (TPSA) is 72.3 Å². The van der Waals surface area contributed by atoms with Crippen LogP contribution in [0.25, 0.3) is 21.9 Å². The molecule has 0 unspecified atom stereocenters. The number of methoxy groups -OCH3 is 1. The van der Waals surface area contributed by atoms with Crippen molar-refractivity contribution in [2.75, 3.05) is 7.11 Å². The fourth-order valence-electron chi connectivity index (χ4n) is 2.62. The average Bonchev–Trinajstić information content (AvgIpc) is 3.01. The predicted octanol–water partition coefficient (Wildman–Crippen LogP) is 3.42. The summed E-state index contributed by atoms with van der Waals surface area (Å²) in [6.07, 6.45) is 2.99. The zero-order chi connectivity index (χ0) is 17.4. The van der Waals surface area contributed by atoms with Gasteiger partial charge in [0.05, 0.1) is 18.8 Å². The van der Waals surface area contributed by atoms with E-state index in [1.807, 2.05) is 30.3 Å². The van der Waals surface area contributed by atoms with Crippen molar-refractivity contribution in [3.05, 3.63) is 69.7 Å². The number of aromatic amines is 1. The maximum atomic E-state index is 12.7. The number of ether oxygens (including phenoxy) is 1. The lowest BCUT2D eigenvalue weighted by Crippen LogP contribution is -2.17. The molecule has 0 saturated carbocycles. The van der Waals surface area contributed by atoms with Crippen LogP contribution in [0, 0.1) is 0 Å². The van der Waals surface area contributed by atoms with E-state index in [0.29, 0.717) is 21.8 Å². The summed E-state index contributed by atoms with van der Waals surface area (Å²) in [5.41, 5.74) is 2.36. The van der Waals surface area contributed by atoms with Crippen LogP contribution in [0.4, 0.5) is 0 Å². The number of halogens is 1. The normalized spacial score (nSPS) is 11.6. The lowest BCUT2D eigenvalue weighted by molar-refractivity contribution is 0.415. The van der Waals surface area contributed by atoms with E-state index in [9.17, 15) is 4.79 Å². The smallest absolute Gasteiger partial charge is 0.298 e. The quantitative estimate of drug-likeness (QED) is 0.574. The fourth-order valence-corrected chi connectivity index (χ4v) is 2.74. The fraction of sp³-hybridized carbons (Fsp3) is 0.0556. The molecule has 0 atom stereocenters. The Morgan fingerprint density at radius 1 is 1.24 bits per heavy atom. The molecule has 25 heavy (non-hydrogen) atoms. The van der Waals surface area contributed by atoms with Gasteiger partial charge in [0.1, 0.15) is 23.1 Å². The van der Waals surface area contributed by atoms with Crippen molar-refractivity contribution >= 4 is 39.8 Å². The highest BCUT2D eigenvalue weighted by molar-refractivity contribution is 6.30. The Labute approximate surface area is 147 Å². The van der Waals surface area contributed by atoms with E-state index in [0.717, 1.165) is 16.5 Å². The molecular weight excluding hydrogens is 340 g/mol. The Hall–Kier alpha value is -3.12. The molecule has 1 N–H and O–H groups in total. The molecule has 2 heterocycles. The second-order valence-corrected chi connectivity index (χ2v) is 5.89. The predicted molar refractivity (Wildman–Crippen MR) is 98.9 cm³/mol. The zero-order valence-electron chi connectivity index (χ0n) is 13.2. The zero-order valence-corrected chi connectivity index (χ0v) is 14.0. The molecule has 4 aromatic rings. The molecule has 0 spiro atoms. The largest absolute Gasteiger partial charge is 0.497 e. The maximum absolute atomic E-state index is 12.7. The van der Waals surface area contributed by atoms with Gasteiger partial charge in [-0.2, -0.15) is 9.78 Å². The van der Waals surface area contributed by atoms with Gasteiger partial charge in [-0.25, -0.2) is 4.98 Å². The molecule has 0 bridgehead atoms. The summed E-state index contributed by atoms with van der Waals surface area (Å²) in [4.78, 5) is 20.1. The van der Waals surface area contributed by atoms with Gasteiger partial charge in [-0.3, -0.25) is 4.79 Å². The molecule has 0 radical (unpaired) electrons. The Kier molecular flexibility index (Phi) is 3.74. The highest BCUT2D eigenvalue weighted by Gasteiger charge is 2.11. The SMILES string of the molecule is COc1ccc2c(c1)[nH]c1c(=O)n(/N=C/c3ccc(Cl)cc3)cnc12. The standard InChI is InChI=1S/C18H13ClN4O2/c1-25-13-6-7-14-15(8-13)22-17-16(14)20-10-23(18(17)24)21-9-11-2-4-12(19)5-3-11/h2-10,22H,1H3/b21-9+. The van der Waals surface area contributed by atoms with Gasteiger partial charge in [-0.15, -0.1) is 0 Å². The summed E-state index contributed by atoms with van der Waals surface area (Å²) < 4.78 is 6.41. The molecule has 0 aliphatic heterocycles. The third-order valence-electron chi connectivity index (χ3n) is 3.90. The molecule has 2 aromatic carbocycles. The van der Waals surface area contributed by atoms with Crippen molar-refractivity contribution in [3.63, 3.8) is 0 Å². The summed E-state index contributed by atoms with van der Waals surface area (Å²) in [5.74, 6) is 0.708. The Morgan fingerprint density at radius 2 is 2.04 bits per heavy atom. The van der Waals surface area contributed by atoms with Gasteiger partial charge in [0.25, 0.3) is 5.56 Å². The van der Waals surface area contributed by atoms with Crippen molar-refractivity contribution in [1.29, 1.82) is 0 Å². The molecule has 6 nitrogen and oxygen atoms in total. The van der Waals surface area contributed by atoms with Crippen LogP contribution in [0.3, 0.4) is 0 Å². The number of nitrogens with zero attached hydrogens (tertiary/aromatic N) is 3. The molecule has 0 saturated heterocycles. The maximum Gasteiger partial charge on any atom is 0.298 e. The molecule has 0 aliphatic rings. The minimum atomic E-state index is -0.273. The Bertz CT molecular complexity index is 1160. The summed E-state index contributed by atoms with van der Waals surface area (Å²) >= 11 is 5.86. The Morgan fingerprint density at radius 3 is 2.80 bits per heavy atom. The first-order chi connectivity index (χ1) is 12.2. The van der Waals surface area contributed by atoms with E-state index in [1.165, 1.54) is 11.0 Å². The van der Waals surface area contributed by atoms with Crippen LogP contribution in [-0.4, -0.2) is 28.0 Å². The van der Waals surface area contributed by atoms with E-state index < -0.39 is 0 Å². The number of rotatable bonds is 3. The monoisotopic (exact) mass is 352 g/mol. The van der Waals surface area contributed by atoms with Crippen molar-refractivity contribution in [2.24, 2.45) is 5.10 Å². The van der Waals surface area contributed by atoms with Crippen molar-refractivity contribution in [1.82, 2.24) is 14.6 Å². The van der Waals surface area contributed by atoms with Gasteiger partial charge in [-0.1, -0.05) is 23.7 Å². The number of nitrogens with one attached hydrogen (secondary N) is 1. The first-order valence-corrected chi connectivity index (χ1v) is 7.90. The molecule has 0 fully saturated rings. The van der Waals surface area contributed by atoms with Gasteiger partial charge >= 0.3 is 0 Å². The van der Waals surface area contributed by atoms with Crippen LogP contribution < -0.4 is 10.3 Å². The first-order valence-electron chi connectivity index (χ1n) is 7.53. The molecular formula is C18H13ClN4O2. The first kappa shape index (κ1) is 15.4. The van der Waals surface area contributed by atoms with Crippen LogP contribution >= 0.6 is 11.6 Å². The van der Waals surface area contributed by atoms with Gasteiger partial charge in [0.15, 0.2) is 0 Å². The van der Waals surface area contributed by atoms with Crippen LogP contribution in [0.1, 0.15) is 5.56 Å². The van der Waals surface area contributed by atoms with E-state index in [1.54, 1.807) is 25.5 Å². The number of hydrogen-bond acceptors (Lipinski definition) is 4. The summed E-state index contributed by atoms with van der Waals surface area (Å²) in [6, 6.07) is 12.7. The highest BCUT2D eigenvalue weighted by Crippen LogP contribution is 2.25. The van der Waals surface area contributed by atoms with Gasteiger partial charge in [0.2, 0.25) is 0 Å². The molecule has 7 heteroatoms. The second kappa shape index (κ2) is 6.07. The third kappa shape index (κ3) is 2.77. The molecule has 4 rings (SSSR count). The number of H-pyrrole nitrogens is 1. The minimum Gasteiger partial charge on any atom is -0.497 e. The summed E-state index contributed by atoms with van der Waals surface area (Å²) in [6.45, 7) is 0. The molecule has 2 aromatic heterocycles. The van der Waals surface area contributed by atoms with Crippen molar-refractivity contribution in [3.8, 4) is 5.75 Å². The molecule has 0 aliphatic carbocycles. The molecule has 124 valence electrons. The minimum absolute atomic E-state index is 0.273. The van der Waals surface area contributed by atoms with E-state index in [-0.39, 0.29) is 5.56 Å². The lowest BCUT2D eigenvalue weighted by atomic mass is 10.2. The Balaban J connectivity index is 1.80. The summed E-state index contributed by atoms with van der Waals surface area (Å²) in [5, 5.41) is 5.70. The van der Waals surface area contributed by atoms with Gasteiger partial charge in [0, 0.05) is 16.5 Å². The number of benzene rings is 2. The van der Waals surface area contributed by atoms with Crippen LogP contribution in [0.15, 0.2) is 58.7 Å².